The minimum absolute atomic E-state index is 0.0267. The van der Waals surface area contributed by atoms with Crippen molar-refractivity contribution < 1.29 is 55.3 Å². The second-order valence-electron chi connectivity index (χ2n) is 17.8. The van der Waals surface area contributed by atoms with Gasteiger partial charge in [-0.2, -0.15) is 13.8 Å². The Labute approximate surface area is 347 Å². The average molecular weight is 862 g/mol. The van der Waals surface area contributed by atoms with Gasteiger partial charge in [-0.15, -0.1) is 0 Å². The van der Waals surface area contributed by atoms with E-state index in [4.69, 9.17) is 9.47 Å². The molecule has 0 unspecified atom stereocenters. The van der Waals surface area contributed by atoms with Gasteiger partial charge in [0.1, 0.15) is 23.0 Å². The number of halogens is 3. The number of hydrogen-bond donors (Lipinski definition) is 3. The van der Waals surface area contributed by atoms with Gasteiger partial charge in [-0.1, -0.05) is 50.6 Å². The van der Waals surface area contributed by atoms with Gasteiger partial charge in [0.05, 0.1) is 13.2 Å². The summed E-state index contributed by atoms with van der Waals surface area (Å²) in [6.45, 7) is 6.10. The molecule has 328 valence electrons. The lowest BCUT2D eigenvalue weighted by Gasteiger charge is -2.40. The highest BCUT2D eigenvalue weighted by atomic mass is 32.2. The van der Waals surface area contributed by atoms with Crippen LogP contribution >= 0.6 is 0 Å². The maximum atomic E-state index is 17.7. The van der Waals surface area contributed by atoms with Gasteiger partial charge < -0.3 is 24.8 Å². The Morgan fingerprint density at radius 1 is 1.18 bits per heavy atom. The minimum Gasteiger partial charge on any atom is -0.477 e. The number of carbonyl (C=O) groups is 4. The number of hydrogen-bond acceptors (Lipinski definition) is 9. The van der Waals surface area contributed by atoms with Crippen LogP contribution in [0.3, 0.4) is 0 Å². The number of carbonyl (C=O) groups excluding carboxylic acids is 3. The first kappa shape index (κ1) is 43.5. The first-order chi connectivity index (χ1) is 28.3. The van der Waals surface area contributed by atoms with Crippen molar-refractivity contribution >= 4 is 44.6 Å². The van der Waals surface area contributed by atoms with E-state index in [1.54, 1.807) is 57.2 Å². The standard InChI is InChI=1S/C42H54F3N5O9S/c1-6-26-20-25(4)12-7-8-13-27-21-41(27,37(53)48-60(56,57)40(22-43)17-18-40)47-33(51)32-42(44,45)39(5,23-49(32)36(52)31(26)50(24(2)3)38(54)55)59-35-30-15-10-9-14-28(30)29-16-11-19-58-34(29)46-35/h8-10,13-15,24-27,31-32H,6-7,11-12,16-23H2,1-5H3,(H,47,51)(H,48,53)(H,54,55)/b13-8-/t25-,26-,27-,31+,32+,39-,41-/m1/s1. The van der Waals surface area contributed by atoms with Gasteiger partial charge in [0.2, 0.25) is 33.6 Å². The molecular formula is C42H54F3N5O9S. The molecule has 1 saturated heterocycles. The monoisotopic (exact) mass is 861 g/mol. The number of allylic oxidation sites excluding steroid dienone is 1. The van der Waals surface area contributed by atoms with Crippen molar-refractivity contribution in [3.8, 4) is 11.8 Å². The lowest BCUT2D eigenvalue weighted by Crippen LogP contribution is -2.63. The van der Waals surface area contributed by atoms with Gasteiger partial charge in [0.25, 0.3) is 5.91 Å². The zero-order valence-electron chi connectivity index (χ0n) is 34.5. The van der Waals surface area contributed by atoms with Gasteiger partial charge >= 0.3 is 12.0 Å². The zero-order valence-corrected chi connectivity index (χ0v) is 35.3. The van der Waals surface area contributed by atoms with E-state index in [0.717, 1.165) is 17.4 Å². The molecule has 0 spiro atoms. The average Bonchev–Trinajstić information content (AvgIpc) is 4.11. The summed E-state index contributed by atoms with van der Waals surface area (Å²) in [7, 11) is -4.58. The maximum absolute atomic E-state index is 17.7. The first-order valence-corrected chi connectivity index (χ1v) is 22.3. The minimum atomic E-state index is -4.58. The molecule has 1 aromatic carbocycles. The van der Waals surface area contributed by atoms with Crippen LogP contribution < -0.4 is 19.5 Å². The fraction of sp³-hybridized carbons (Fsp3) is 0.643. The predicted octanol–water partition coefficient (Wildman–Crippen LogP) is 5.53. The predicted molar refractivity (Wildman–Crippen MR) is 214 cm³/mol. The fourth-order valence-electron chi connectivity index (χ4n) is 9.33. The van der Waals surface area contributed by atoms with E-state index in [-0.39, 0.29) is 36.9 Å². The quantitative estimate of drug-likeness (QED) is 0.271. The number of ether oxygens (including phenoxy) is 2. The third-order valence-electron chi connectivity index (χ3n) is 13.3. The molecule has 4 heterocycles. The van der Waals surface area contributed by atoms with Gasteiger partial charge in [0.15, 0.2) is 11.6 Å². The molecule has 7 atom stereocenters. The highest BCUT2D eigenvalue weighted by molar-refractivity contribution is 7.91. The first-order valence-electron chi connectivity index (χ1n) is 20.8. The molecule has 60 heavy (non-hydrogen) atoms. The van der Waals surface area contributed by atoms with Crippen molar-refractivity contribution in [3.05, 3.63) is 42.0 Å². The SMILES string of the molecule is CC[C@@H]1C[C@H](C)CC/C=C\[C@@H]2C[C@@]2(C(=O)NS(=O)(=O)C2(CF)CC2)NC(=O)[C@@H]2N(C[C@@](C)(Oc3nc4c(c5ccccc35)CCCO4)C2(F)F)C(=O)[C@H]1N(C(=O)O)C(C)C. The molecule has 4 amide bonds. The largest absolute Gasteiger partial charge is 0.477 e. The number of rotatable bonds is 9. The van der Waals surface area contributed by atoms with E-state index in [0.29, 0.717) is 60.8 Å². The molecule has 0 radical (unpaired) electrons. The van der Waals surface area contributed by atoms with Crippen molar-refractivity contribution in [1.82, 2.24) is 24.8 Å². The second kappa shape index (κ2) is 15.7. The van der Waals surface area contributed by atoms with E-state index in [9.17, 15) is 32.3 Å². The number of sulfonamides is 1. The number of nitrogens with zero attached hydrogens (tertiary/aromatic N) is 3. The van der Waals surface area contributed by atoms with Gasteiger partial charge in [-0.05, 0) is 95.4 Å². The molecule has 18 heteroatoms. The smallest absolute Gasteiger partial charge is 0.408 e. The maximum Gasteiger partial charge on any atom is 0.408 e. The van der Waals surface area contributed by atoms with Crippen molar-refractivity contribution in [2.45, 2.75) is 132 Å². The molecule has 3 N–H and O–H groups in total. The van der Waals surface area contributed by atoms with Crippen molar-refractivity contribution in [2.24, 2.45) is 17.8 Å². The number of carboxylic acid groups (broad SMARTS) is 1. The van der Waals surface area contributed by atoms with Gasteiger partial charge in [-0.3, -0.25) is 24.0 Å². The van der Waals surface area contributed by atoms with E-state index >= 15 is 13.6 Å². The van der Waals surface area contributed by atoms with Crippen LogP contribution in [0.1, 0.15) is 91.5 Å². The Morgan fingerprint density at radius 3 is 2.52 bits per heavy atom. The van der Waals surface area contributed by atoms with Crippen molar-refractivity contribution in [1.29, 1.82) is 0 Å². The number of fused-ring (bicyclic) bond motifs is 5. The summed E-state index contributed by atoms with van der Waals surface area (Å²) < 4.78 is 88.1. The summed E-state index contributed by atoms with van der Waals surface area (Å²) in [6, 6.07) is 1.95. The summed E-state index contributed by atoms with van der Waals surface area (Å²) >= 11 is 0. The second-order valence-corrected chi connectivity index (χ2v) is 19.9. The van der Waals surface area contributed by atoms with E-state index in [1.807, 2.05) is 11.6 Å². The zero-order chi connectivity index (χ0) is 43.6. The number of aryl methyl sites for hydroxylation is 1. The molecule has 14 nitrogen and oxygen atoms in total. The van der Waals surface area contributed by atoms with Crippen LogP contribution in [0.2, 0.25) is 0 Å². The molecule has 7 rings (SSSR count). The Bertz CT molecular complexity index is 2200. The topological polar surface area (TPSA) is 185 Å². The van der Waals surface area contributed by atoms with Crippen LogP contribution in [0.25, 0.3) is 10.8 Å². The van der Waals surface area contributed by atoms with Crippen molar-refractivity contribution in [3.63, 3.8) is 0 Å². The molecule has 0 bridgehead atoms. The molecule has 3 fully saturated rings. The Balaban J connectivity index is 1.35. The summed E-state index contributed by atoms with van der Waals surface area (Å²) in [5.74, 6) is -9.59. The van der Waals surface area contributed by atoms with Crippen LogP contribution in [0.15, 0.2) is 36.4 Å². The van der Waals surface area contributed by atoms with Crippen LogP contribution in [0.5, 0.6) is 11.8 Å². The molecule has 2 aromatic rings. The van der Waals surface area contributed by atoms with Gasteiger partial charge in [0, 0.05) is 22.9 Å². The highest BCUT2D eigenvalue weighted by Gasteiger charge is 2.72. The molecule has 1 aromatic heterocycles. The summed E-state index contributed by atoms with van der Waals surface area (Å²) in [6.07, 6.45) is 4.76. The Hall–Kier alpha value is -4.61. The van der Waals surface area contributed by atoms with Crippen LogP contribution in [0, 0.1) is 17.8 Å². The normalized spacial score (nSPS) is 31.6. The van der Waals surface area contributed by atoms with E-state index < -0.39 is 98.8 Å². The van der Waals surface area contributed by atoms with E-state index in [2.05, 4.69) is 10.3 Å². The summed E-state index contributed by atoms with van der Waals surface area (Å²) in [4.78, 5) is 63.1. The molecule has 5 aliphatic rings. The summed E-state index contributed by atoms with van der Waals surface area (Å²) in [5.41, 5.74) is -3.95. The Kier molecular flexibility index (Phi) is 11.4. The van der Waals surface area contributed by atoms with Crippen LogP contribution in [-0.2, 0) is 30.8 Å². The lowest BCUT2D eigenvalue weighted by atomic mass is 9.83. The van der Waals surface area contributed by atoms with Crippen molar-refractivity contribution in [2.75, 3.05) is 19.8 Å². The number of nitrogens with one attached hydrogen (secondary N) is 2. The van der Waals surface area contributed by atoms with E-state index in [1.165, 1.54) is 0 Å². The number of alkyl halides is 3. The molecule has 2 aliphatic carbocycles. The van der Waals surface area contributed by atoms with Crippen LogP contribution in [-0.4, -0.2) is 112 Å². The highest BCUT2D eigenvalue weighted by Crippen LogP contribution is 2.51. The fourth-order valence-corrected chi connectivity index (χ4v) is 10.8. The number of pyridine rings is 1. The molecule has 3 aliphatic heterocycles. The van der Waals surface area contributed by atoms with Gasteiger partial charge in [-0.25, -0.2) is 17.6 Å². The molecule has 2 saturated carbocycles. The third-order valence-corrected chi connectivity index (χ3v) is 15.4. The molecular weight excluding hydrogens is 808 g/mol. The lowest BCUT2D eigenvalue weighted by molar-refractivity contribution is -0.163. The van der Waals surface area contributed by atoms with Crippen LogP contribution in [0.4, 0.5) is 18.0 Å². The number of benzene rings is 1. The third kappa shape index (κ3) is 7.33. The number of amides is 4. The number of aromatic nitrogens is 1. The summed E-state index contributed by atoms with van der Waals surface area (Å²) in [5, 5.41) is 14.0. The Morgan fingerprint density at radius 2 is 1.88 bits per heavy atom.